The zero-order valence-corrected chi connectivity index (χ0v) is 9.84. The molecule has 11 heavy (non-hydrogen) atoms. The van der Waals surface area contributed by atoms with Gasteiger partial charge in [-0.2, -0.15) is 12.6 Å². The van der Waals surface area contributed by atoms with Crippen molar-refractivity contribution in [1.29, 1.82) is 0 Å². The predicted molar refractivity (Wildman–Crippen MR) is 56.3 cm³/mol. The highest BCUT2D eigenvalue weighted by Gasteiger charge is 2.43. The molecule has 0 aromatic carbocycles. The maximum Gasteiger partial charge on any atom is 0.0129 e. The number of thiol groups is 1. The van der Waals surface area contributed by atoms with Gasteiger partial charge in [0.15, 0.2) is 0 Å². The summed E-state index contributed by atoms with van der Waals surface area (Å²) in [4.78, 5) is 0. The molecule has 1 heteroatoms. The molecule has 0 aliphatic carbocycles. The minimum Gasteiger partial charge on any atom is -0.173 e. The van der Waals surface area contributed by atoms with Crippen LogP contribution < -0.4 is 0 Å². The summed E-state index contributed by atoms with van der Waals surface area (Å²) in [6, 6.07) is 0. The van der Waals surface area contributed by atoms with E-state index in [0.717, 1.165) is 0 Å². The van der Waals surface area contributed by atoms with Gasteiger partial charge in [0.25, 0.3) is 0 Å². The zero-order chi connectivity index (χ0) is 9.50. The molecule has 0 saturated carbocycles. The molecule has 0 aromatic heterocycles. The van der Waals surface area contributed by atoms with Crippen molar-refractivity contribution in [3.05, 3.63) is 0 Å². The summed E-state index contributed by atoms with van der Waals surface area (Å²) < 4.78 is 0.0747. The molecule has 0 nitrogen and oxygen atoms in total. The fourth-order valence-electron chi connectivity index (χ4n) is 0.918. The van der Waals surface area contributed by atoms with E-state index in [0.29, 0.717) is 5.41 Å². The molecule has 0 N–H and O–H groups in total. The summed E-state index contributed by atoms with van der Waals surface area (Å²) >= 11 is 4.63. The van der Waals surface area contributed by atoms with Crippen molar-refractivity contribution < 1.29 is 0 Å². The lowest BCUT2D eigenvalue weighted by Gasteiger charge is -2.48. The van der Waals surface area contributed by atoms with Crippen LogP contribution in [0.3, 0.4) is 0 Å². The van der Waals surface area contributed by atoms with Gasteiger partial charge in [0.05, 0.1) is 0 Å². The Labute approximate surface area is 77.2 Å². The monoisotopic (exact) mass is 174 g/mol. The van der Waals surface area contributed by atoms with Gasteiger partial charge in [-0.05, 0) is 10.8 Å². The van der Waals surface area contributed by atoms with E-state index in [4.69, 9.17) is 0 Å². The first kappa shape index (κ1) is 11.4. The van der Waals surface area contributed by atoms with Crippen molar-refractivity contribution in [3.63, 3.8) is 0 Å². The van der Waals surface area contributed by atoms with Crippen LogP contribution >= 0.6 is 12.6 Å². The summed E-state index contributed by atoms with van der Waals surface area (Å²) in [6.45, 7) is 15.7. The van der Waals surface area contributed by atoms with Crippen LogP contribution in [0.5, 0.6) is 0 Å². The Morgan fingerprint density at radius 1 is 0.727 bits per heavy atom. The fourth-order valence-corrected chi connectivity index (χ4v) is 1.25. The molecule has 0 amide bonds. The first-order valence-electron chi connectivity index (χ1n) is 4.22. The Hall–Kier alpha value is 0.350. The van der Waals surface area contributed by atoms with Crippen LogP contribution in [0.2, 0.25) is 0 Å². The summed E-state index contributed by atoms with van der Waals surface area (Å²) in [5, 5.41) is 0. The van der Waals surface area contributed by atoms with Crippen LogP contribution in [0.25, 0.3) is 0 Å². The Balaban J connectivity index is 4.75. The van der Waals surface area contributed by atoms with E-state index < -0.39 is 0 Å². The van der Waals surface area contributed by atoms with Crippen LogP contribution in [0.15, 0.2) is 0 Å². The molecule has 0 aliphatic rings. The topological polar surface area (TPSA) is 0 Å². The first-order valence-corrected chi connectivity index (χ1v) is 4.67. The van der Waals surface area contributed by atoms with Gasteiger partial charge >= 0.3 is 0 Å². The molecule has 0 spiro atoms. The zero-order valence-electron chi connectivity index (χ0n) is 8.95. The SMILES string of the molecule is CC(C)(C)C(C)(C)C(C)(C)S. The molecule has 0 aliphatic heterocycles. The van der Waals surface area contributed by atoms with Crippen LogP contribution in [0.4, 0.5) is 0 Å². The van der Waals surface area contributed by atoms with Crippen LogP contribution in [0.1, 0.15) is 48.5 Å². The smallest absolute Gasteiger partial charge is 0.0129 e. The summed E-state index contributed by atoms with van der Waals surface area (Å²) in [5.41, 5.74) is 0.543. The Morgan fingerprint density at radius 2 is 1.00 bits per heavy atom. The maximum atomic E-state index is 4.63. The van der Waals surface area contributed by atoms with Crippen LogP contribution in [0, 0.1) is 10.8 Å². The Morgan fingerprint density at radius 3 is 1.00 bits per heavy atom. The van der Waals surface area contributed by atoms with E-state index in [1.165, 1.54) is 0 Å². The molecule has 0 aromatic rings. The average Bonchev–Trinajstić information content (AvgIpc) is 1.58. The molecule has 0 fully saturated rings. The molecule has 0 rings (SSSR count). The van der Waals surface area contributed by atoms with Crippen molar-refractivity contribution >= 4 is 12.6 Å². The van der Waals surface area contributed by atoms with Crippen LogP contribution in [-0.2, 0) is 0 Å². The molecule has 68 valence electrons. The maximum absolute atomic E-state index is 4.63. The van der Waals surface area contributed by atoms with E-state index in [1.807, 2.05) is 0 Å². The van der Waals surface area contributed by atoms with Gasteiger partial charge in [-0.3, -0.25) is 0 Å². The fraction of sp³-hybridized carbons (Fsp3) is 1.00. The van der Waals surface area contributed by atoms with Crippen molar-refractivity contribution in [2.45, 2.75) is 53.2 Å². The minimum atomic E-state index is 0.0747. The molecular formula is C10H22S. The van der Waals surface area contributed by atoms with E-state index in [2.05, 4.69) is 61.1 Å². The van der Waals surface area contributed by atoms with Gasteiger partial charge < -0.3 is 0 Å². The van der Waals surface area contributed by atoms with Gasteiger partial charge in [-0.1, -0.05) is 48.5 Å². The summed E-state index contributed by atoms with van der Waals surface area (Å²) in [5.74, 6) is 0. The second-order valence-corrected chi connectivity index (χ2v) is 6.55. The Kier molecular flexibility index (Phi) is 2.77. The summed E-state index contributed by atoms with van der Waals surface area (Å²) in [7, 11) is 0. The quantitative estimate of drug-likeness (QED) is 0.575. The second kappa shape index (κ2) is 2.69. The van der Waals surface area contributed by atoms with Gasteiger partial charge in [0.1, 0.15) is 0 Å². The lowest BCUT2D eigenvalue weighted by atomic mass is 9.63. The highest BCUT2D eigenvalue weighted by Crippen LogP contribution is 2.48. The lowest BCUT2D eigenvalue weighted by Crippen LogP contribution is -2.44. The van der Waals surface area contributed by atoms with Crippen molar-refractivity contribution in [3.8, 4) is 0 Å². The first-order chi connectivity index (χ1) is 4.50. The minimum absolute atomic E-state index is 0.0747. The van der Waals surface area contributed by atoms with E-state index in [-0.39, 0.29) is 10.2 Å². The Bertz CT molecular complexity index is 116. The normalized spacial score (nSPS) is 15.3. The van der Waals surface area contributed by atoms with E-state index in [9.17, 15) is 0 Å². The van der Waals surface area contributed by atoms with Crippen LogP contribution in [-0.4, -0.2) is 4.75 Å². The third-order valence-electron chi connectivity index (χ3n) is 3.40. The van der Waals surface area contributed by atoms with Crippen molar-refractivity contribution in [2.24, 2.45) is 10.8 Å². The van der Waals surface area contributed by atoms with Gasteiger partial charge in [0, 0.05) is 4.75 Å². The summed E-state index contributed by atoms with van der Waals surface area (Å²) in [6.07, 6.45) is 0. The molecular weight excluding hydrogens is 152 g/mol. The second-order valence-electron chi connectivity index (χ2n) is 5.43. The molecule has 0 atom stereocenters. The number of hydrogen-bond acceptors (Lipinski definition) is 1. The van der Waals surface area contributed by atoms with E-state index in [1.54, 1.807) is 0 Å². The van der Waals surface area contributed by atoms with Gasteiger partial charge in [0.2, 0.25) is 0 Å². The molecule has 0 saturated heterocycles. The predicted octanol–water partition coefficient (Wildman–Crippen LogP) is 3.77. The van der Waals surface area contributed by atoms with Gasteiger partial charge in [-0.15, -0.1) is 0 Å². The van der Waals surface area contributed by atoms with Gasteiger partial charge in [-0.25, -0.2) is 0 Å². The number of hydrogen-bond donors (Lipinski definition) is 1. The molecule has 0 unspecified atom stereocenters. The third kappa shape index (κ3) is 2.14. The highest BCUT2D eigenvalue weighted by atomic mass is 32.1. The standard InChI is InChI=1S/C10H22S/c1-8(2,3)9(4,5)10(6,7)11/h11H,1-7H3. The highest BCUT2D eigenvalue weighted by molar-refractivity contribution is 7.81. The molecule has 0 heterocycles. The average molecular weight is 174 g/mol. The van der Waals surface area contributed by atoms with E-state index >= 15 is 0 Å². The number of rotatable bonds is 1. The lowest BCUT2D eigenvalue weighted by molar-refractivity contribution is 0.0944. The van der Waals surface area contributed by atoms with Crippen molar-refractivity contribution in [2.75, 3.05) is 0 Å². The third-order valence-corrected chi connectivity index (χ3v) is 3.96. The molecule has 0 bridgehead atoms. The largest absolute Gasteiger partial charge is 0.173 e. The van der Waals surface area contributed by atoms with Crippen molar-refractivity contribution in [1.82, 2.24) is 0 Å². The molecule has 0 radical (unpaired) electrons.